The van der Waals surface area contributed by atoms with Crippen LogP contribution >= 0.6 is 0 Å². The van der Waals surface area contributed by atoms with E-state index in [0.717, 1.165) is 12.3 Å². The Kier molecular flexibility index (Phi) is 1.33. The van der Waals surface area contributed by atoms with Crippen molar-refractivity contribution in [2.75, 3.05) is 7.04 Å². The molecule has 0 aliphatic carbocycles. The van der Waals surface area contributed by atoms with Gasteiger partial charge in [-0.3, -0.25) is 4.79 Å². The fraction of sp³-hybridized carbons (Fsp3) is 0.286. The van der Waals surface area contributed by atoms with Crippen LogP contribution in [0.5, 0.6) is 5.75 Å². The van der Waals surface area contributed by atoms with Crippen LogP contribution in [0.4, 0.5) is 0 Å². The van der Waals surface area contributed by atoms with E-state index in [-0.39, 0.29) is 5.76 Å². The molecule has 0 bridgehead atoms. The van der Waals surface area contributed by atoms with Gasteiger partial charge in [0.15, 0.2) is 0 Å². The highest BCUT2D eigenvalue weighted by Crippen LogP contribution is 2.03. The number of hydrogen-bond acceptors (Lipinski definition) is 4. The predicted octanol–water partition coefficient (Wildman–Crippen LogP) is 0.141. The van der Waals surface area contributed by atoms with Crippen LogP contribution in [0.15, 0.2) is 21.5 Å². The van der Waals surface area contributed by atoms with E-state index >= 15 is 0 Å². The lowest BCUT2D eigenvalue weighted by Gasteiger charge is -1.97. The highest BCUT2D eigenvalue weighted by Gasteiger charge is 2.00. The summed E-state index contributed by atoms with van der Waals surface area (Å²) in [5, 5.41) is 8.60. The molecule has 0 saturated carbocycles. The van der Waals surface area contributed by atoms with Crippen molar-refractivity contribution in [2.45, 2.75) is 6.61 Å². The predicted molar refractivity (Wildman–Crippen MR) is 37.5 cm³/mol. The summed E-state index contributed by atoms with van der Waals surface area (Å²) in [6.07, 6.45) is 0.861. The van der Waals surface area contributed by atoms with Gasteiger partial charge in [0.25, 0.3) is 0 Å². The molecule has 1 aromatic heterocycles. The molecule has 0 saturated heterocycles. The summed E-state index contributed by atoms with van der Waals surface area (Å²) in [5.41, 5.74) is -0.642. The zero-order valence-electron chi connectivity index (χ0n) is 8.53. The molecule has 0 aliphatic rings. The van der Waals surface area contributed by atoms with Crippen molar-refractivity contribution in [1.82, 2.24) is 0 Å². The van der Waals surface area contributed by atoms with Crippen LogP contribution in [0.1, 0.15) is 9.87 Å². The molecule has 0 radical (unpaired) electrons. The van der Waals surface area contributed by atoms with E-state index < -0.39 is 24.8 Å². The minimum atomic E-state index is -2.69. The Morgan fingerprint density at radius 2 is 2.73 bits per heavy atom. The summed E-state index contributed by atoms with van der Waals surface area (Å²) in [4.78, 5) is 11.1. The van der Waals surface area contributed by atoms with Gasteiger partial charge in [-0.1, -0.05) is 0 Å². The van der Waals surface area contributed by atoms with Gasteiger partial charge in [-0.25, -0.2) is 0 Å². The third kappa shape index (κ3) is 1.59. The van der Waals surface area contributed by atoms with E-state index in [1.807, 2.05) is 0 Å². The van der Waals surface area contributed by atoms with Gasteiger partial charge in [0.05, 0.1) is 11.2 Å². The van der Waals surface area contributed by atoms with Gasteiger partial charge < -0.3 is 14.3 Å². The fourth-order valence-electron chi connectivity index (χ4n) is 0.596. The molecule has 0 spiro atoms. The van der Waals surface area contributed by atoms with Gasteiger partial charge in [0, 0.05) is 6.07 Å². The summed E-state index contributed by atoms with van der Waals surface area (Å²) < 4.78 is 29.3. The first-order chi connectivity index (χ1) is 6.42. The minimum absolute atomic E-state index is 0.0490. The first-order valence-corrected chi connectivity index (χ1v) is 2.84. The van der Waals surface area contributed by atoms with E-state index in [1.165, 1.54) is 0 Å². The maximum Gasteiger partial charge on any atom is 0.227 e. The summed E-state index contributed by atoms with van der Waals surface area (Å²) >= 11 is 0. The SMILES string of the molecule is [2H]C([2H])([2H])Oc1coc(CO)cc1=O. The van der Waals surface area contributed by atoms with Crippen molar-refractivity contribution in [2.24, 2.45) is 0 Å². The van der Waals surface area contributed by atoms with Gasteiger partial charge >= 0.3 is 0 Å². The van der Waals surface area contributed by atoms with Gasteiger partial charge in [-0.05, 0) is 0 Å². The molecular formula is C7H8O4. The lowest BCUT2D eigenvalue weighted by molar-refractivity contribution is 0.240. The average Bonchev–Trinajstić information content (AvgIpc) is 2.06. The normalized spacial score (nSPS) is 14.8. The van der Waals surface area contributed by atoms with Crippen molar-refractivity contribution >= 4 is 0 Å². The zero-order valence-corrected chi connectivity index (χ0v) is 5.53. The zero-order chi connectivity index (χ0) is 10.8. The molecule has 1 N–H and O–H groups in total. The van der Waals surface area contributed by atoms with E-state index in [4.69, 9.17) is 13.6 Å². The fourth-order valence-corrected chi connectivity index (χ4v) is 0.596. The highest BCUT2D eigenvalue weighted by molar-refractivity contribution is 5.16. The largest absolute Gasteiger partial charge is 0.490 e. The van der Waals surface area contributed by atoms with Gasteiger partial charge in [0.1, 0.15) is 18.6 Å². The van der Waals surface area contributed by atoms with Crippen molar-refractivity contribution in [3.8, 4) is 5.75 Å². The Bertz CT molecular complexity index is 368. The second-order valence-electron chi connectivity index (χ2n) is 1.84. The molecule has 1 rings (SSSR count). The van der Waals surface area contributed by atoms with Crippen molar-refractivity contribution < 1.29 is 18.4 Å². The average molecular weight is 159 g/mol. The molecule has 0 unspecified atom stereocenters. The van der Waals surface area contributed by atoms with Gasteiger partial charge in [-0.2, -0.15) is 0 Å². The van der Waals surface area contributed by atoms with Crippen molar-refractivity contribution in [1.29, 1.82) is 0 Å². The van der Waals surface area contributed by atoms with Gasteiger partial charge in [-0.15, -0.1) is 0 Å². The molecule has 60 valence electrons. The number of rotatable bonds is 2. The Labute approximate surface area is 67.3 Å². The molecule has 4 heteroatoms. The van der Waals surface area contributed by atoms with Crippen LogP contribution < -0.4 is 10.2 Å². The van der Waals surface area contributed by atoms with Crippen molar-refractivity contribution in [3.63, 3.8) is 0 Å². The second kappa shape index (κ2) is 3.21. The molecule has 0 fully saturated rings. The second-order valence-corrected chi connectivity index (χ2v) is 1.84. The Morgan fingerprint density at radius 1 is 1.91 bits per heavy atom. The molecule has 0 aromatic carbocycles. The molecule has 0 atom stereocenters. The maximum atomic E-state index is 11.1. The summed E-state index contributed by atoms with van der Waals surface area (Å²) in [6, 6.07) is 0.973. The third-order valence-electron chi connectivity index (χ3n) is 1.12. The van der Waals surface area contributed by atoms with Crippen molar-refractivity contribution in [3.05, 3.63) is 28.3 Å². The molecule has 1 heterocycles. The lowest BCUT2D eigenvalue weighted by Crippen LogP contribution is -2.04. The molecule has 11 heavy (non-hydrogen) atoms. The molecule has 0 aliphatic heterocycles. The molecule has 1 aromatic rings. The van der Waals surface area contributed by atoms with Crippen LogP contribution in [0, 0.1) is 0 Å². The quantitative estimate of drug-likeness (QED) is 0.666. The topological polar surface area (TPSA) is 59.7 Å². The van der Waals surface area contributed by atoms with E-state index in [2.05, 4.69) is 4.74 Å². The summed E-state index contributed by atoms with van der Waals surface area (Å²) in [5.74, 6) is -0.352. The Hall–Kier alpha value is -1.29. The van der Waals surface area contributed by atoms with E-state index in [1.54, 1.807) is 0 Å². The summed E-state index contributed by atoms with van der Waals surface area (Å²) in [7, 11) is -2.69. The van der Waals surface area contributed by atoms with Crippen LogP contribution in [0.2, 0.25) is 0 Å². The molecular weight excluding hydrogens is 148 g/mol. The monoisotopic (exact) mass is 159 g/mol. The first kappa shape index (κ1) is 4.56. The smallest absolute Gasteiger partial charge is 0.227 e. The molecule has 0 amide bonds. The maximum absolute atomic E-state index is 11.1. The minimum Gasteiger partial charge on any atom is -0.490 e. The number of hydrogen-bond donors (Lipinski definition) is 1. The van der Waals surface area contributed by atoms with Crippen LogP contribution in [0.25, 0.3) is 0 Å². The first-order valence-electron chi connectivity index (χ1n) is 4.34. The highest BCUT2D eigenvalue weighted by atomic mass is 16.5. The van der Waals surface area contributed by atoms with Crippen LogP contribution in [-0.2, 0) is 6.61 Å². The third-order valence-corrected chi connectivity index (χ3v) is 1.12. The number of methoxy groups -OCH3 is 1. The number of ether oxygens (including phenoxy) is 1. The summed E-state index contributed by atoms with van der Waals surface area (Å²) in [6.45, 7) is -0.427. The Balaban J connectivity index is 2.96. The molecule has 4 nitrogen and oxygen atoms in total. The van der Waals surface area contributed by atoms with Gasteiger partial charge in [0.2, 0.25) is 11.2 Å². The Morgan fingerprint density at radius 3 is 3.27 bits per heavy atom. The lowest BCUT2D eigenvalue weighted by atomic mass is 10.4. The van der Waals surface area contributed by atoms with E-state index in [0.29, 0.717) is 0 Å². The number of aliphatic hydroxyl groups is 1. The number of aliphatic hydroxyl groups excluding tert-OH is 1. The van der Waals surface area contributed by atoms with Crippen LogP contribution in [0.3, 0.4) is 0 Å². The van der Waals surface area contributed by atoms with Crippen LogP contribution in [-0.4, -0.2) is 12.1 Å². The standard InChI is InChI=1S/C7H8O4/c1-10-7-4-11-5(3-8)2-6(7)9/h2,4,8H,3H2,1H3/i1D3. The van der Waals surface area contributed by atoms with E-state index in [9.17, 15) is 4.79 Å².